The molecule has 0 radical (unpaired) electrons. The molecule has 4 heteroatoms. The van der Waals surface area contributed by atoms with Crippen LogP contribution in [-0.4, -0.2) is 32.1 Å². The van der Waals surface area contributed by atoms with E-state index >= 15 is 0 Å². The Morgan fingerprint density at radius 1 is 1.50 bits per heavy atom. The molecular weight excluding hydrogens is 176 g/mol. The van der Waals surface area contributed by atoms with Crippen LogP contribution in [0.5, 0.6) is 0 Å². The molecule has 1 aliphatic rings. The normalized spacial score (nSPS) is 25.1. The zero-order valence-electron chi connectivity index (χ0n) is 7.62. The second-order valence-electron chi connectivity index (χ2n) is 3.51. The van der Waals surface area contributed by atoms with Crippen molar-refractivity contribution in [3.05, 3.63) is 0 Å². The summed E-state index contributed by atoms with van der Waals surface area (Å²) in [6, 6.07) is 0. The SMILES string of the molecule is CC(C)S(=O)(=O)CC1CCCO1. The highest BCUT2D eigenvalue weighted by molar-refractivity contribution is 7.92. The van der Waals surface area contributed by atoms with Gasteiger partial charge in [-0.25, -0.2) is 8.42 Å². The Hall–Kier alpha value is -0.0900. The molecule has 0 amide bonds. The van der Waals surface area contributed by atoms with Gasteiger partial charge in [-0.15, -0.1) is 0 Å². The summed E-state index contributed by atoms with van der Waals surface area (Å²) in [6.45, 7) is 4.15. The maximum atomic E-state index is 11.4. The number of rotatable bonds is 3. The number of sulfone groups is 1. The van der Waals surface area contributed by atoms with Crippen molar-refractivity contribution in [3.8, 4) is 0 Å². The third-order valence-corrected chi connectivity index (χ3v) is 4.43. The van der Waals surface area contributed by atoms with E-state index in [4.69, 9.17) is 4.74 Å². The van der Waals surface area contributed by atoms with Gasteiger partial charge in [0.05, 0.1) is 17.1 Å². The first-order chi connectivity index (χ1) is 5.52. The number of hydrogen-bond acceptors (Lipinski definition) is 3. The zero-order valence-corrected chi connectivity index (χ0v) is 8.43. The smallest absolute Gasteiger partial charge is 0.155 e. The second-order valence-corrected chi connectivity index (χ2v) is 6.12. The highest BCUT2D eigenvalue weighted by Crippen LogP contribution is 2.15. The van der Waals surface area contributed by atoms with Crippen molar-refractivity contribution >= 4 is 9.84 Å². The highest BCUT2D eigenvalue weighted by atomic mass is 32.2. The molecule has 0 aliphatic carbocycles. The van der Waals surface area contributed by atoms with Gasteiger partial charge >= 0.3 is 0 Å². The average molecular weight is 192 g/mol. The summed E-state index contributed by atoms with van der Waals surface area (Å²) in [5.41, 5.74) is 0. The molecule has 1 heterocycles. The number of ether oxygens (including phenoxy) is 1. The lowest BCUT2D eigenvalue weighted by Gasteiger charge is -2.11. The molecule has 1 saturated heterocycles. The summed E-state index contributed by atoms with van der Waals surface area (Å²) in [7, 11) is -2.91. The molecule has 0 saturated carbocycles. The topological polar surface area (TPSA) is 43.4 Å². The van der Waals surface area contributed by atoms with E-state index in [0.717, 1.165) is 19.4 Å². The molecule has 0 N–H and O–H groups in total. The molecular formula is C8H16O3S. The van der Waals surface area contributed by atoms with Crippen LogP contribution >= 0.6 is 0 Å². The first-order valence-electron chi connectivity index (χ1n) is 4.35. The van der Waals surface area contributed by atoms with Gasteiger partial charge in [-0.2, -0.15) is 0 Å². The minimum Gasteiger partial charge on any atom is -0.377 e. The fourth-order valence-electron chi connectivity index (χ4n) is 1.23. The summed E-state index contributed by atoms with van der Waals surface area (Å²) < 4.78 is 28.1. The van der Waals surface area contributed by atoms with Crippen molar-refractivity contribution in [1.82, 2.24) is 0 Å². The van der Waals surface area contributed by atoms with E-state index in [1.54, 1.807) is 13.8 Å². The molecule has 0 aromatic carbocycles. The van der Waals surface area contributed by atoms with Crippen molar-refractivity contribution < 1.29 is 13.2 Å². The van der Waals surface area contributed by atoms with E-state index in [0.29, 0.717) is 0 Å². The summed E-state index contributed by atoms with van der Waals surface area (Å²) in [6.07, 6.45) is 1.85. The van der Waals surface area contributed by atoms with Gasteiger partial charge in [0.1, 0.15) is 0 Å². The zero-order chi connectivity index (χ0) is 9.19. The van der Waals surface area contributed by atoms with Crippen LogP contribution in [0.15, 0.2) is 0 Å². The third kappa shape index (κ3) is 2.45. The third-order valence-electron chi connectivity index (χ3n) is 2.16. The van der Waals surface area contributed by atoms with Gasteiger partial charge in [0.15, 0.2) is 9.84 Å². The Bertz CT molecular complexity index is 225. The van der Waals surface area contributed by atoms with Crippen molar-refractivity contribution in [2.45, 2.75) is 38.0 Å². The molecule has 0 aromatic heterocycles. The Balaban J connectivity index is 2.49. The van der Waals surface area contributed by atoms with Crippen molar-refractivity contribution in [3.63, 3.8) is 0 Å². The van der Waals surface area contributed by atoms with Crippen molar-refractivity contribution in [1.29, 1.82) is 0 Å². The van der Waals surface area contributed by atoms with Crippen LogP contribution in [0.2, 0.25) is 0 Å². The van der Waals surface area contributed by atoms with Gasteiger partial charge < -0.3 is 4.74 Å². The molecule has 1 aliphatic heterocycles. The lowest BCUT2D eigenvalue weighted by Crippen LogP contribution is -2.26. The fourth-order valence-corrected chi connectivity index (χ4v) is 2.39. The van der Waals surface area contributed by atoms with Crippen LogP contribution in [0.25, 0.3) is 0 Å². The van der Waals surface area contributed by atoms with Crippen LogP contribution in [-0.2, 0) is 14.6 Å². The average Bonchev–Trinajstić information content (AvgIpc) is 2.38. The van der Waals surface area contributed by atoms with Crippen LogP contribution in [0.1, 0.15) is 26.7 Å². The first kappa shape index (κ1) is 9.99. The standard InChI is InChI=1S/C8H16O3S/c1-7(2)12(9,10)6-8-4-3-5-11-8/h7-8H,3-6H2,1-2H3. The first-order valence-corrected chi connectivity index (χ1v) is 6.07. The molecule has 12 heavy (non-hydrogen) atoms. The Morgan fingerprint density at radius 2 is 2.17 bits per heavy atom. The van der Waals surface area contributed by atoms with Crippen LogP contribution < -0.4 is 0 Å². The maximum absolute atomic E-state index is 11.4. The van der Waals surface area contributed by atoms with Gasteiger partial charge in [-0.05, 0) is 26.7 Å². The molecule has 72 valence electrons. The van der Waals surface area contributed by atoms with E-state index in [-0.39, 0.29) is 17.1 Å². The lowest BCUT2D eigenvalue weighted by molar-refractivity contribution is 0.127. The maximum Gasteiger partial charge on any atom is 0.155 e. The largest absolute Gasteiger partial charge is 0.377 e. The van der Waals surface area contributed by atoms with E-state index in [2.05, 4.69) is 0 Å². The monoisotopic (exact) mass is 192 g/mol. The second kappa shape index (κ2) is 3.75. The quantitative estimate of drug-likeness (QED) is 0.669. The van der Waals surface area contributed by atoms with Crippen LogP contribution in [0, 0.1) is 0 Å². The molecule has 1 unspecified atom stereocenters. The van der Waals surface area contributed by atoms with Gasteiger partial charge in [-0.1, -0.05) is 0 Å². The summed E-state index contributed by atoms with van der Waals surface area (Å²) in [4.78, 5) is 0. The molecule has 0 bridgehead atoms. The molecule has 1 atom stereocenters. The number of hydrogen-bond donors (Lipinski definition) is 0. The van der Waals surface area contributed by atoms with Crippen LogP contribution in [0.4, 0.5) is 0 Å². The van der Waals surface area contributed by atoms with E-state index in [9.17, 15) is 8.42 Å². The predicted octanol–water partition coefficient (Wildman–Crippen LogP) is 0.989. The molecule has 0 spiro atoms. The molecule has 1 rings (SSSR count). The van der Waals surface area contributed by atoms with Crippen molar-refractivity contribution in [2.24, 2.45) is 0 Å². The minimum atomic E-state index is -2.91. The molecule has 3 nitrogen and oxygen atoms in total. The lowest BCUT2D eigenvalue weighted by atomic mass is 10.3. The van der Waals surface area contributed by atoms with Gasteiger partial charge in [0, 0.05) is 6.61 Å². The minimum absolute atomic E-state index is 0.0441. The Labute approximate surface area is 74.0 Å². The fraction of sp³-hybridized carbons (Fsp3) is 1.00. The Morgan fingerprint density at radius 3 is 2.58 bits per heavy atom. The van der Waals surface area contributed by atoms with Gasteiger partial charge in [0.2, 0.25) is 0 Å². The van der Waals surface area contributed by atoms with Crippen molar-refractivity contribution in [2.75, 3.05) is 12.4 Å². The van der Waals surface area contributed by atoms with E-state index < -0.39 is 9.84 Å². The van der Waals surface area contributed by atoms with E-state index in [1.165, 1.54) is 0 Å². The summed E-state index contributed by atoms with van der Waals surface area (Å²) >= 11 is 0. The molecule has 0 aromatic rings. The van der Waals surface area contributed by atoms with Gasteiger partial charge in [0.25, 0.3) is 0 Å². The Kier molecular flexibility index (Phi) is 3.12. The van der Waals surface area contributed by atoms with Crippen LogP contribution in [0.3, 0.4) is 0 Å². The summed E-state index contributed by atoms with van der Waals surface area (Å²) in [5, 5.41) is -0.276. The highest BCUT2D eigenvalue weighted by Gasteiger charge is 2.25. The van der Waals surface area contributed by atoms with E-state index in [1.807, 2.05) is 0 Å². The summed E-state index contributed by atoms with van der Waals surface area (Å²) in [5.74, 6) is 0.199. The predicted molar refractivity (Wildman–Crippen MR) is 47.9 cm³/mol. The molecule has 1 fully saturated rings. The van der Waals surface area contributed by atoms with Gasteiger partial charge in [-0.3, -0.25) is 0 Å².